The van der Waals surface area contributed by atoms with E-state index in [0.29, 0.717) is 16.1 Å². The van der Waals surface area contributed by atoms with Crippen LogP contribution in [0, 0.1) is 17.5 Å². The van der Waals surface area contributed by atoms with E-state index in [9.17, 15) is 13.2 Å². The maximum Gasteiger partial charge on any atom is 0.195 e. The molecule has 1 heterocycles. The number of H-pyrrole nitrogens is 1. The molecular weight excluding hydrogens is 277 g/mol. The minimum Gasteiger partial charge on any atom is -0.338 e. The lowest BCUT2D eigenvalue weighted by atomic mass is 10.2. The maximum absolute atomic E-state index is 13.7. The van der Waals surface area contributed by atoms with Gasteiger partial charge in [-0.1, -0.05) is 11.6 Å². The zero-order valence-corrected chi connectivity index (χ0v) is 10.1. The van der Waals surface area contributed by atoms with Gasteiger partial charge in [-0.2, -0.15) is 0 Å². The quantitative estimate of drug-likeness (QED) is 0.662. The number of hydrogen-bond acceptors (Lipinski definition) is 1. The van der Waals surface area contributed by atoms with Crippen molar-refractivity contribution in [2.45, 2.75) is 0 Å². The third-order valence-electron chi connectivity index (χ3n) is 2.73. The fourth-order valence-corrected chi connectivity index (χ4v) is 1.99. The maximum atomic E-state index is 13.7. The van der Waals surface area contributed by atoms with Crippen molar-refractivity contribution in [3.8, 4) is 11.4 Å². The third kappa shape index (κ3) is 1.96. The van der Waals surface area contributed by atoms with E-state index < -0.39 is 17.5 Å². The van der Waals surface area contributed by atoms with Crippen molar-refractivity contribution in [3.05, 3.63) is 52.8 Å². The van der Waals surface area contributed by atoms with E-state index in [4.69, 9.17) is 11.6 Å². The van der Waals surface area contributed by atoms with Crippen LogP contribution in [0.5, 0.6) is 0 Å². The van der Waals surface area contributed by atoms with Gasteiger partial charge in [-0.3, -0.25) is 0 Å². The molecule has 0 aliphatic carbocycles. The molecule has 2 nitrogen and oxygen atoms in total. The second kappa shape index (κ2) is 4.28. The second-order valence-corrected chi connectivity index (χ2v) is 4.41. The predicted molar refractivity (Wildman–Crippen MR) is 66.4 cm³/mol. The molecule has 0 saturated carbocycles. The van der Waals surface area contributed by atoms with Crippen molar-refractivity contribution in [2.24, 2.45) is 0 Å². The van der Waals surface area contributed by atoms with Crippen LogP contribution in [0.2, 0.25) is 5.02 Å². The Bertz CT molecular complexity index is 783. The van der Waals surface area contributed by atoms with Gasteiger partial charge in [0.1, 0.15) is 5.82 Å². The smallest absolute Gasteiger partial charge is 0.195 e. The van der Waals surface area contributed by atoms with Crippen LogP contribution in [0.25, 0.3) is 22.4 Å². The molecular formula is C13H6ClF3N2. The normalized spacial score (nSPS) is 11.2. The highest BCUT2D eigenvalue weighted by molar-refractivity contribution is 6.31. The average molecular weight is 283 g/mol. The molecule has 0 saturated heterocycles. The van der Waals surface area contributed by atoms with Gasteiger partial charge in [0.2, 0.25) is 0 Å². The van der Waals surface area contributed by atoms with E-state index in [1.165, 1.54) is 0 Å². The number of aromatic nitrogens is 2. The van der Waals surface area contributed by atoms with Crippen molar-refractivity contribution in [2.75, 3.05) is 0 Å². The number of rotatable bonds is 1. The van der Waals surface area contributed by atoms with Gasteiger partial charge in [0.05, 0.1) is 16.6 Å². The summed E-state index contributed by atoms with van der Waals surface area (Å²) in [5.74, 6) is -3.91. The minimum atomic E-state index is -1.52. The summed E-state index contributed by atoms with van der Waals surface area (Å²) < 4.78 is 39.7. The number of fused-ring (bicyclic) bond motifs is 1. The van der Waals surface area contributed by atoms with Crippen molar-refractivity contribution in [3.63, 3.8) is 0 Å². The van der Waals surface area contributed by atoms with Crippen molar-refractivity contribution in [1.82, 2.24) is 9.97 Å². The van der Waals surface area contributed by atoms with Gasteiger partial charge in [0.25, 0.3) is 0 Å². The first kappa shape index (κ1) is 12.0. The van der Waals surface area contributed by atoms with Crippen LogP contribution in [-0.4, -0.2) is 9.97 Å². The van der Waals surface area contributed by atoms with E-state index >= 15 is 0 Å². The summed E-state index contributed by atoms with van der Waals surface area (Å²) in [6, 6.07) is 6.89. The Balaban J connectivity index is 2.22. The topological polar surface area (TPSA) is 28.7 Å². The van der Waals surface area contributed by atoms with Crippen LogP contribution in [0.3, 0.4) is 0 Å². The van der Waals surface area contributed by atoms with E-state index in [1.807, 2.05) is 0 Å². The third-order valence-corrected chi connectivity index (χ3v) is 2.97. The van der Waals surface area contributed by atoms with Gasteiger partial charge in [-0.05, 0) is 30.3 Å². The van der Waals surface area contributed by atoms with Crippen LogP contribution in [-0.2, 0) is 0 Å². The summed E-state index contributed by atoms with van der Waals surface area (Å²) in [6.45, 7) is 0. The summed E-state index contributed by atoms with van der Waals surface area (Å²) in [6.07, 6.45) is 0. The van der Waals surface area contributed by atoms with Crippen molar-refractivity contribution >= 4 is 22.6 Å². The van der Waals surface area contributed by atoms with Crippen molar-refractivity contribution in [1.29, 1.82) is 0 Å². The van der Waals surface area contributed by atoms with Gasteiger partial charge >= 0.3 is 0 Å². The van der Waals surface area contributed by atoms with Gasteiger partial charge < -0.3 is 4.98 Å². The molecule has 0 fully saturated rings. The van der Waals surface area contributed by atoms with Gasteiger partial charge in [0.15, 0.2) is 17.5 Å². The van der Waals surface area contributed by atoms with Crippen LogP contribution in [0.1, 0.15) is 0 Å². The lowest BCUT2D eigenvalue weighted by Gasteiger charge is -2.00. The SMILES string of the molecule is Fc1ccc(-c2nc3ccc(Cl)cc3[nH]2)c(F)c1F. The molecule has 0 bridgehead atoms. The van der Waals surface area contributed by atoms with E-state index in [-0.39, 0.29) is 11.4 Å². The summed E-state index contributed by atoms with van der Waals surface area (Å²) >= 11 is 5.82. The van der Waals surface area contributed by atoms with Gasteiger partial charge in [-0.15, -0.1) is 0 Å². The molecule has 0 spiro atoms. The Hall–Kier alpha value is -2.01. The second-order valence-electron chi connectivity index (χ2n) is 3.97. The number of benzene rings is 2. The van der Waals surface area contributed by atoms with E-state index in [0.717, 1.165) is 12.1 Å². The van der Waals surface area contributed by atoms with E-state index in [1.54, 1.807) is 18.2 Å². The van der Waals surface area contributed by atoms with E-state index in [2.05, 4.69) is 9.97 Å². The fraction of sp³-hybridized carbons (Fsp3) is 0. The molecule has 0 radical (unpaired) electrons. The molecule has 1 aromatic heterocycles. The Morgan fingerprint density at radius 2 is 1.79 bits per heavy atom. The molecule has 0 aliphatic rings. The summed E-state index contributed by atoms with van der Waals surface area (Å²) in [7, 11) is 0. The minimum absolute atomic E-state index is 0.119. The predicted octanol–water partition coefficient (Wildman–Crippen LogP) is 4.30. The molecule has 3 aromatic rings. The Morgan fingerprint density at radius 3 is 2.58 bits per heavy atom. The number of nitrogens with zero attached hydrogens (tertiary/aromatic N) is 1. The molecule has 19 heavy (non-hydrogen) atoms. The Labute approximate surface area is 110 Å². The van der Waals surface area contributed by atoms with Crippen LogP contribution >= 0.6 is 11.6 Å². The zero-order valence-electron chi connectivity index (χ0n) is 9.35. The largest absolute Gasteiger partial charge is 0.338 e. The lowest BCUT2D eigenvalue weighted by Crippen LogP contribution is -1.94. The lowest BCUT2D eigenvalue weighted by molar-refractivity contribution is 0.448. The monoisotopic (exact) mass is 282 g/mol. The molecule has 2 aromatic carbocycles. The molecule has 0 unspecified atom stereocenters. The highest BCUT2D eigenvalue weighted by atomic mass is 35.5. The van der Waals surface area contributed by atoms with Gasteiger partial charge in [0, 0.05) is 5.02 Å². The van der Waals surface area contributed by atoms with Crippen molar-refractivity contribution < 1.29 is 13.2 Å². The first-order chi connectivity index (χ1) is 9.06. The first-order valence-corrected chi connectivity index (χ1v) is 5.73. The standard InChI is InChI=1S/C13H6ClF3N2/c14-6-1-4-9-10(5-6)19-13(18-9)7-2-3-8(15)12(17)11(7)16/h1-5H,(H,18,19). The summed E-state index contributed by atoms with van der Waals surface area (Å²) in [5, 5.41) is 0.494. The average Bonchev–Trinajstić information content (AvgIpc) is 2.78. The number of halogens is 4. The number of hydrogen-bond donors (Lipinski definition) is 1. The molecule has 0 amide bonds. The number of aromatic amines is 1. The molecule has 0 atom stereocenters. The van der Waals surface area contributed by atoms with Gasteiger partial charge in [-0.25, -0.2) is 18.2 Å². The molecule has 96 valence electrons. The first-order valence-electron chi connectivity index (χ1n) is 5.35. The molecule has 3 rings (SSSR count). The molecule has 1 N–H and O–H groups in total. The highest BCUT2D eigenvalue weighted by Gasteiger charge is 2.17. The molecule has 0 aliphatic heterocycles. The number of nitrogens with one attached hydrogen (secondary N) is 1. The Kier molecular flexibility index (Phi) is 2.71. The Morgan fingerprint density at radius 1 is 1.00 bits per heavy atom. The highest BCUT2D eigenvalue weighted by Crippen LogP contribution is 2.26. The zero-order chi connectivity index (χ0) is 13.6. The molecule has 6 heteroatoms. The summed E-state index contributed by atoms with van der Waals surface area (Å²) in [4.78, 5) is 6.93. The fourth-order valence-electron chi connectivity index (χ4n) is 1.82. The number of imidazole rings is 1. The summed E-state index contributed by atoms with van der Waals surface area (Å²) in [5.41, 5.74) is 1.02. The van der Waals surface area contributed by atoms with Crippen LogP contribution < -0.4 is 0 Å². The van der Waals surface area contributed by atoms with Crippen LogP contribution in [0.15, 0.2) is 30.3 Å². The van der Waals surface area contributed by atoms with Crippen LogP contribution in [0.4, 0.5) is 13.2 Å².